The molecule has 1 aromatic heterocycles. The monoisotopic (exact) mass is 226 g/mol. The molecular formula is C10H18N4O2. The Labute approximate surface area is 94.4 Å². The van der Waals surface area contributed by atoms with Crippen LogP contribution in [-0.2, 0) is 7.05 Å². The summed E-state index contributed by atoms with van der Waals surface area (Å²) < 4.78 is 1.58. The Kier molecular flexibility index (Phi) is 4.03. The van der Waals surface area contributed by atoms with Crippen LogP contribution in [0.2, 0.25) is 0 Å². The number of aliphatic hydroxyl groups excluding tert-OH is 1. The molecule has 0 saturated heterocycles. The molecule has 0 radical (unpaired) electrons. The number of rotatable bonds is 4. The Morgan fingerprint density at radius 3 is 2.81 bits per heavy atom. The van der Waals surface area contributed by atoms with E-state index in [1.807, 2.05) is 0 Å². The maximum atomic E-state index is 11.7. The molecule has 6 heteroatoms. The fraction of sp³-hybridized carbons (Fsp3) is 0.600. The molecule has 1 heterocycles. The van der Waals surface area contributed by atoms with E-state index in [1.165, 1.54) is 0 Å². The summed E-state index contributed by atoms with van der Waals surface area (Å²) in [5.74, 6) is -0.221. The van der Waals surface area contributed by atoms with Crippen molar-refractivity contribution in [1.82, 2.24) is 15.1 Å². The number of carbonyl (C=O) groups excluding carboxylic acids is 1. The quantitative estimate of drug-likeness (QED) is 0.624. The van der Waals surface area contributed by atoms with Crippen molar-refractivity contribution < 1.29 is 9.90 Å². The summed E-state index contributed by atoms with van der Waals surface area (Å²) in [7, 11) is 1.76. The lowest BCUT2D eigenvalue weighted by Gasteiger charge is -2.14. The molecule has 6 nitrogen and oxygen atoms in total. The lowest BCUT2D eigenvalue weighted by atomic mass is 10.2. The summed E-state index contributed by atoms with van der Waals surface area (Å²) in [6.45, 7) is 3.60. The number of carbonyl (C=O) groups is 1. The number of hydrogen-bond acceptors (Lipinski definition) is 4. The molecule has 0 fully saturated rings. The summed E-state index contributed by atoms with van der Waals surface area (Å²) in [5, 5.41) is 15.9. The predicted octanol–water partition coefficient (Wildman–Crippen LogP) is -0.834. The lowest BCUT2D eigenvalue weighted by molar-refractivity contribution is 0.0937. The van der Waals surface area contributed by atoms with Gasteiger partial charge in [0.1, 0.15) is 0 Å². The summed E-state index contributed by atoms with van der Waals surface area (Å²) >= 11 is 0. The van der Waals surface area contributed by atoms with Crippen molar-refractivity contribution in [3.8, 4) is 0 Å². The van der Waals surface area contributed by atoms with Crippen molar-refractivity contribution in [2.24, 2.45) is 12.8 Å². The normalized spacial score (nSPS) is 14.6. The molecule has 1 aromatic rings. The van der Waals surface area contributed by atoms with Crippen LogP contribution in [0.3, 0.4) is 0 Å². The maximum Gasteiger partial charge on any atom is 0.254 e. The van der Waals surface area contributed by atoms with Crippen LogP contribution in [-0.4, -0.2) is 39.5 Å². The standard InChI is InChI=1S/C10H18N4O2/c1-6-8(5-14(3)13-6)10(16)12-4-9(11)7(2)15/h5,7,9,15H,4,11H2,1-3H3,(H,12,16). The zero-order valence-corrected chi connectivity index (χ0v) is 9.77. The van der Waals surface area contributed by atoms with Gasteiger partial charge in [0.25, 0.3) is 5.91 Å². The number of aromatic nitrogens is 2. The summed E-state index contributed by atoms with van der Waals surface area (Å²) in [5.41, 5.74) is 6.80. The molecule has 2 atom stereocenters. The van der Waals surface area contributed by atoms with Crippen molar-refractivity contribution >= 4 is 5.91 Å². The number of aliphatic hydroxyl groups is 1. The van der Waals surface area contributed by atoms with Crippen LogP contribution >= 0.6 is 0 Å². The molecule has 1 amide bonds. The molecule has 16 heavy (non-hydrogen) atoms. The number of nitrogens with one attached hydrogen (secondary N) is 1. The molecule has 0 saturated carbocycles. The summed E-state index contributed by atoms with van der Waals surface area (Å²) in [6.07, 6.45) is 1.01. The minimum absolute atomic E-state index is 0.221. The number of nitrogens with two attached hydrogens (primary N) is 1. The second kappa shape index (κ2) is 5.09. The van der Waals surface area contributed by atoms with E-state index in [4.69, 9.17) is 5.73 Å². The average molecular weight is 226 g/mol. The van der Waals surface area contributed by atoms with Crippen LogP contribution in [0.25, 0.3) is 0 Å². The highest BCUT2D eigenvalue weighted by Crippen LogP contribution is 2.03. The van der Waals surface area contributed by atoms with Crippen LogP contribution in [0.15, 0.2) is 6.20 Å². The van der Waals surface area contributed by atoms with Gasteiger partial charge in [-0.1, -0.05) is 0 Å². The first-order chi connectivity index (χ1) is 7.41. The first kappa shape index (κ1) is 12.7. The third-order valence-electron chi connectivity index (χ3n) is 2.38. The Morgan fingerprint density at radius 2 is 2.38 bits per heavy atom. The van der Waals surface area contributed by atoms with E-state index in [2.05, 4.69) is 10.4 Å². The molecule has 90 valence electrons. The highest BCUT2D eigenvalue weighted by atomic mass is 16.3. The SMILES string of the molecule is Cc1nn(C)cc1C(=O)NCC(N)C(C)O. The van der Waals surface area contributed by atoms with E-state index in [0.29, 0.717) is 11.3 Å². The van der Waals surface area contributed by atoms with Crippen molar-refractivity contribution in [3.05, 3.63) is 17.5 Å². The van der Waals surface area contributed by atoms with E-state index in [1.54, 1.807) is 31.8 Å². The van der Waals surface area contributed by atoms with Crippen molar-refractivity contribution in [2.75, 3.05) is 6.54 Å². The van der Waals surface area contributed by atoms with Gasteiger partial charge in [-0.05, 0) is 13.8 Å². The number of amides is 1. The fourth-order valence-electron chi connectivity index (χ4n) is 1.30. The molecule has 0 aliphatic carbocycles. The smallest absolute Gasteiger partial charge is 0.254 e. The largest absolute Gasteiger partial charge is 0.392 e. The van der Waals surface area contributed by atoms with Gasteiger partial charge in [0, 0.05) is 25.8 Å². The minimum Gasteiger partial charge on any atom is -0.392 e. The Morgan fingerprint density at radius 1 is 1.75 bits per heavy atom. The van der Waals surface area contributed by atoms with Gasteiger partial charge in [-0.3, -0.25) is 9.48 Å². The van der Waals surface area contributed by atoms with Gasteiger partial charge in [-0.25, -0.2) is 0 Å². The zero-order valence-electron chi connectivity index (χ0n) is 9.77. The molecule has 4 N–H and O–H groups in total. The van der Waals surface area contributed by atoms with E-state index >= 15 is 0 Å². The van der Waals surface area contributed by atoms with E-state index in [9.17, 15) is 9.90 Å². The Balaban J connectivity index is 2.56. The molecule has 2 unspecified atom stereocenters. The topological polar surface area (TPSA) is 93.2 Å². The first-order valence-corrected chi connectivity index (χ1v) is 5.14. The van der Waals surface area contributed by atoms with Crippen LogP contribution in [0.5, 0.6) is 0 Å². The number of aryl methyl sites for hydroxylation is 2. The summed E-state index contributed by atoms with van der Waals surface area (Å²) in [6, 6.07) is -0.457. The maximum absolute atomic E-state index is 11.7. The van der Waals surface area contributed by atoms with Gasteiger partial charge in [0.15, 0.2) is 0 Å². The van der Waals surface area contributed by atoms with Gasteiger partial charge in [0.2, 0.25) is 0 Å². The van der Waals surface area contributed by atoms with E-state index in [0.717, 1.165) is 0 Å². The van der Waals surface area contributed by atoms with Crippen molar-refractivity contribution in [3.63, 3.8) is 0 Å². The van der Waals surface area contributed by atoms with Gasteiger partial charge in [0.05, 0.1) is 17.4 Å². The van der Waals surface area contributed by atoms with E-state index < -0.39 is 12.1 Å². The van der Waals surface area contributed by atoms with Gasteiger partial charge in [-0.15, -0.1) is 0 Å². The first-order valence-electron chi connectivity index (χ1n) is 5.14. The van der Waals surface area contributed by atoms with Crippen LogP contribution in [0.4, 0.5) is 0 Å². The summed E-state index contributed by atoms with van der Waals surface area (Å²) in [4.78, 5) is 11.7. The van der Waals surface area contributed by atoms with Crippen LogP contribution < -0.4 is 11.1 Å². The molecule has 0 aliphatic heterocycles. The van der Waals surface area contributed by atoms with Crippen LogP contribution in [0, 0.1) is 6.92 Å². The molecule has 1 rings (SSSR count). The Hall–Kier alpha value is -1.40. The molecular weight excluding hydrogens is 208 g/mol. The number of nitrogens with zero attached hydrogens (tertiary/aromatic N) is 2. The molecule has 0 aliphatic rings. The van der Waals surface area contributed by atoms with Gasteiger partial charge >= 0.3 is 0 Å². The van der Waals surface area contributed by atoms with Crippen LogP contribution in [0.1, 0.15) is 23.0 Å². The average Bonchev–Trinajstić information content (AvgIpc) is 2.53. The third-order valence-corrected chi connectivity index (χ3v) is 2.38. The molecule has 0 spiro atoms. The van der Waals surface area contributed by atoms with Crippen molar-refractivity contribution in [2.45, 2.75) is 26.0 Å². The second-order valence-electron chi connectivity index (χ2n) is 3.92. The molecule has 0 aromatic carbocycles. The fourth-order valence-corrected chi connectivity index (χ4v) is 1.30. The van der Waals surface area contributed by atoms with Gasteiger partial charge < -0.3 is 16.2 Å². The minimum atomic E-state index is -0.643. The lowest BCUT2D eigenvalue weighted by Crippen LogP contribution is -2.43. The number of hydrogen-bond donors (Lipinski definition) is 3. The van der Waals surface area contributed by atoms with E-state index in [-0.39, 0.29) is 12.5 Å². The highest BCUT2D eigenvalue weighted by Gasteiger charge is 2.15. The Bertz CT molecular complexity index is 373. The van der Waals surface area contributed by atoms with Gasteiger partial charge in [-0.2, -0.15) is 5.10 Å². The highest BCUT2D eigenvalue weighted by molar-refractivity contribution is 5.95. The molecule has 0 bridgehead atoms. The van der Waals surface area contributed by atoms with Crippen molar-refractivity contribution in [1.29, 1.82) is 0 Å². The zero-order chi connectivity index (χ0) is 12.3. The third kappa shape index (κ3) is 3.04. The predicted molar refractivity (Wildman–Crippen MR) is 59.9 cm³/mol. The second-order valence-corrected chi connectivity index (χ2v) is 3.92.